The molecule has 2 rings (SSSR count). The number of hydrogen-bond acceptors (Lipinski definition) is 7. The van der Waals surface area contributed by atoms with Crippen LogP contribution in [0.1, 0.15) is 12.7 Å². The number of nitrogens with two attached hydrogens (primary N) is 1. The summed E-state index contributed by atoms with van der Waals surface area (Å²) >= 11 is 1.33. The minimum Gasteiger partial charge on any atom is -0.476 e. The molecule has 2 N–H and O–H groups in total. The van der Waals surface area contributed by atoms with Crippen molar-refractivity contribution in [2.45, 2.75) is 24.0 Å². The lowest BCUT2D eigenvalue weighted by Gasteiger charge is -2.08. The number of nitrogens with zero attached hydrogens (tertiary/aromatic N) is 5. The third kappa shape index (κ3) is 2.37. The molecule has 0 fully saturated rings. The summed E-state index contributed by atoms with van der Waals surface area (Å²) in [6.45, 7) is 4.26. The van der Waals surface area contributed by atoms with Gasteiger partial charge in [0.05, 0.1) is 6.61 Å². The Morgan fingerprint density at radius 3 is 2.78 bits per heavy atom. The van der Waals surface area contributed by atoms with Gasteiger partial charge in [-0.25, -0.2) is 4.98 Å². The second kappa shape index (κ2) is 5.21. The highest BCUT2D eigenvalue weighted by molar-refractivity contribution is 7.99. The second-order valence-corrected chi connectivity index (χ2v) is 4.48. The molecule has 18 heavy (non-hydrogen) atoms. The van der Waals surface area contributed by atoms with Crippen LogP contribution in [-0.2, 0) is 7.05 Å². The molecule has 0 aromatic carbocycles. The summed E-state index contributed by atoms with van der Waals surface area (Å²) in [5, 5.41) is 9.36. The maximum absolute atomic E-state index is 5.95. The number of ether oxygens (including phenoxy) is 1. The molecule has 0 spiro atoms. The SMILES string of the molecule is CCOc1ncnc(Sc2nnc(C)n2C)c1N. The predicted molar refractivity (Wildman–Crippen MR) is 67.5 cm³/mol. The molecule has 8 heteroatoms. The van der Waals surface area contributed by atoms with E-state index in [-0.39, 0.29) is 0 Å². The third-order valence-electron chi connectivity index (χ3n) is 2.33. The zero-order chi connectivity index (χ0) is 13.1. The van der Waals surface area contributed by atoms with Crippen LogP contribution in [0, 0.1) is 6.92 Å². The molecule has 7 nitrogen and oxygen atoms in total. The van der Waals surface area contributed by atoms with Crippen molar-refractivity contribution < 1.29 is 4.74 Å². The van der Waals surface area contributed by atoms with Crippen LogP contribution in [-0.4, -0.2) is 31.3 Å². The van der Waals surface area contributed by atoms with Gasteiger partial charge in [-0.2, -0.15) is 4.98 Å². The van der Waals surface area contributed by atoms with Crippen molar-refractivity contribution in [2.24, 2.45) is 7.05 Å². The Bertz CT molecular complexity index is 555. The van der Waals surface area contributed by atoms with Crippen LogP contribution >= 0.6 is 11.8 Å². The lowest BCUT2D eigenvalue weighted by molar-refractivity contribution is 0.327. The van der Waals surface area contributed by atoms with Crippen molar-refractivity contribution >= 4 is 17.4 Å². The topological polar surface area (TPSA) is 91.7 Å². The van der Waals surface area contributed by atoms with Crippen LogP contribution in [0.5, 0.6) is 5.88 Å². The van der Waals surface area contributed by atoms with Crippen molar-refractivity contribution in [3.8, 4) is 5.88 Å². The smallest absolute Gasteiger partial charge is 0.241 e. The highest BCUT2D eigenvalue weighted by Crippen LogP contribution is 2.32. The van der Waals surface area contributed by atoms with Gasteiger partial charge in [-0.05, 0) is 25.6 Å². The Kier molecular flexibility index (Phi) is 3.66. The van der Waals surface area contributed by atoms with Gasteiger partial charge < -0.3 is 15.0 Å². The summed E-state index contributed by atoms with van der Waals surface area (Å²) < 4.78 is 7.19. The van der Waals surface area contributed by atoms with Gasteiger partial charge in [0.15, 0.2) is 5.16 Å². The van der Waals surface area contributed by atoms with Crippen molar-refractivity contribution in [3.05, 3.63) is 12.2 Å². The fourth-order valence-electron chi connectivity index (χ4n) is 1.26. The van der Waals surface area contributed by atoms with Crippen LogP contribution in [0.3, 0.4) is 0 Å². The van der Waals surface area contributed by atoms with E-state index in [1.165, 1.54) is 18.1 Å². The van der Waals surface area contributed by atoms with Gasteiger partial charge in [-0.15, -0.1) is 10.2 Å². The largest absolute Gasteiger partial charge is 0.476 e. The molecule has 0 aliphatic rings. The van der Waals surface area contributed by atoms with Crippen molar-refractivity contribution in [1.29, 1.82) is 0 Å². The molecule has 0 aliphatic heterocycles. The first-order valence-electron chi connectivity index (χ1n) is 5.40. The molecule has 0 amide bonds. The summed E-state index contributed by atoms with van der Waals surface area (Å²) in [6, 6.07) is 0. The molecule has 2 aromatic rings. The van der Waals surface area contributed by atoms with Gasteiger partial charge in [0.2, 0.25) is 5.88 Å². The van der Waals surface area contributed by atoms with Gasteiger partial charge in [0, 0.05) is 7.05 Å². The normalized spacial score (nSPS) is 10.6. The van der Waals surface area contributed by atoms with Gasteiger partial charge in [-0.3, -0.25) is 0 Å². The summed E-state index contributed by atoms with van der Waals surface area (Å²) in [5.74, 6) is 1.23. The van der Waals surface area contributed by atoms with Crippen molar-refractivity contribution in [3.63, 3.8) is 0 Å². The summed E-state index contributed by atoms with van der Waals surface area (Å²) in [6.07, 6.45) is 1.42. The van der Waals surface area contributed by atoms with Crippen LogP contribution < -0.4 is 10.5 Å². The van der Waals surface area contributed by atoms with E-state index in [1.54, 1.807) is 0 Å². The highest BCUT2D eigenvalue weighted by atomic mass is 32.2. The standard InChI is InChI=1S/C10H14N6OS/c1-4-17-8-7(11)9(13-5-12-8)18-10-15-14-6(2)16(10)3/h5H,4,11H2,1-3H3. The molecule has 96 valence electrons. The van der Waals surface area contributed by atoms with Crippen molar-refractivity contribution in [2.75, 3.05) is 12.3 Å². The summed E-state index contributed by atoms with van der Waals surface area (Å²) in [7, 11) is 1.89. The molecular weight excluding hydrogens is 252 g/mol. The maximum Gasteiger partial charge on any atom is 0.241 e. The van der Waals surface area contributed by atoms with Crippen LogP contribution in [0.15, 0.2) is 16.5 Å². The first-order valence-corrected chi connectivity index (χ1v) is 6.22. The zero-order valence-electron chi connectivity index (χ0n) is 10.4. The first-order chi connectivity index (χ1) is 8.63. The van der Waals surface area contributed by atoms with Crippen LogP contribution in [0.2, 0.25) is 0 Å². The van der Waals surface area contributed by atoms with Gasteiger partial charge in [-0.1, -0.05) is 0 Å². The van der Waals surface area contributed by atoms with Gasteiger partial charge in [0.25, 0.3) is 0 Å². The number of nitrogen functional groups attached to an aromatic ring is 1. The first kappa shape index (κ1) is 12.6. The fraction of sp³-hybridized carbons (Fsp3) is 0.400. The van der Waals surface area contributed by atoms with Crippen LogP contribution in [0.25, 0.3) is 0 Å². The highest BCUT2D eigenvalue weighted by Gasteiger charge is 2.14. The van der Waals surface area contributed by atoms with E-state index >= 15 is 0 Å². The minimum atomic E-state index is 0.397. The summed E-state index contributed by atoms with van der Waals surface area (Å²) in [4.78, 5) is 8.12. The Balaban J connectivity index is 2.29. The Morgan fingerprint density at radius 2 is 2.17 bits per heavy atom. The number of anilines is 1. The molecule has 0 bridgehead atoms. The molecule has 0 unspecified atom stereocenters. The number of aromatic nitrogens is 5. The van der Waals surface area contributed by atoms with E-state index in [0.29, 0.717) is 23.2 Å². The quantitative estimate of drug-likeness (QED) is 0.827. The lowest BCUT2D eigenvalue weighted by Crippen LogP contribution is -2.03. The second-order valence-electron chi connectivity index (χ2n) is 3.52. The van der Waals surface area contributed by atoms with Gasteiger partial charge in [0.1, 0.15) is 22.9 Å². The van der Waals surface area contributed by atoms with Gasteiger partial charge >= 0.3 is 0 Å². The number of hydrogen-bond donors (Lipinski definition) is 1. The van der Waals surface area contributed by atoms with E-state index in [2.05, 4.69) is 20.2 Å². The lowest BCUT2D eigenvalue weighted by atomic mass is 10.5. The van der Waals surface area contributed by atoms with E-state index in [4.69, 9.17) is 10.5 Å². The molecular formula is C10H14N6OS. The maximum atomic E-state index is 5.95. The van der Waals surface area contributed by atoms with Crippen LogP contribution in [0.4, 0.5) is 5.69 Å². The predicted octanol–water partition coefficient (Wildman–Crippen LogP) is 1.05. The Hall–Kier alpha value is -1.83. The van der Waals surface area contributed by atoms with E-state index in [1.807, 2.05) is 25.5 Å². The molecule has 0 saturated carbocycles. The molecule has 2 heterocycles. The summed E-state index contributed by atoms with van der Waals surface area (Å²) in [5.41, 5.74) is 6.37. The number of aryl methyl sites for hydroxylation is 1. The third-order valence-corrected chi connectivity index (χ3v) is 3.39. The average molecular weight is 266 g/mol. The van der Waals surface area contributed by atoms with E-state index in [9.17, 15) is 0 Å². The zero-order valence-corrected chi connectivity index (χ0v) is 11.2. The van der Waals surface area contributed by atoms with Crippen molar-refractivity contribution in [1.82, 2.24) is 24.7 Å². The molecule has 0 aliphatic carbocycles. The minimum absolute atomic E-state index is 0.397. The Labute approximate surface area is 109 Å². The molecule has 0 saturated heterocycles. The average Bonchev–Trinajstić information content (AvgIpc) is 2.66. The van der Waals surface area contributed by atoms with E-state index in [0.717, 1.165) is 11.0 Å². The molecule has 0 radical (unpaired) electrons. The molecule has 2 aromatic heterocycles. The molecule has 0 atom stereocenters. The monoisotopic (exact) mass is 266 g/mol. The van der Waals surface area contributed by atoms with E-state index < -0.39 is 0 Å². The fourth-order valence-corrected chi connectivity index (χ4v) is 2.08. The number of rotatable bonds is 4. The Morgan fingerprint density at radius 1 is 1.39 bits per heavy atom.